The van der Waals surface area contributed by atoms with Crippen LogP contribution >= 0.6 is 0 Å². The molecule has 0 aliphatic heterocycles. The van der Waals surface area contributed by atoms with Crippen LogP contribution in [0.3, 0.4) is 0 Å². The van der Waals surface area contributed by atoms with Crippen molar-refractivity contribution in [3.05, 3.63) is 46.3 Å². The third kappa shape index (κ3) is 10.1. The summed E-state index contributed by atoms with van der Waals surface area (Å²) in [6.45, 7) is 8.11. The number of nitrogens with zero attached hydrogens (tertiary/aromatic N) is 1. The van der Waals surface area contributed by atoms with E-state index in [0.717, 1.165) is 24.6 Å². The summed E-state index contributed by atoms with van der Waals surface area (Å²) in [4.78, 5) is 26.0. The topological polar surface area (TPSA) is 66.8 Å². The Balaban J connectivity index is 1.84. The van der Waals surface area contributed by atoms with Gasteiger partial charge in [0, 0.05) is 25.3 Å². The number of hydrogen-bond acceptors (Lipinski definition) is 5. The Bertz CT molecular complexity index is 1100. The number of carbonyl (C=O) groups is 1. The van der Waals surface area contributed by atoms with Crippen LogP contribution in [0.4, 0.5) is 0 Å². The fraction of sp³-hybridized carbons (Fsp3) is 0.636. The molecule has 0 bridgehead atoms. The first-order valence-corrected chi connectivity index (χ1v) is 14.9. The second kappa shape index (κ2) is 17.8. The normalized spacial score (nSPS) is 11.9. The van der Waals surface area contributed by atoms with Crippen LogP contribution in [0.2, 0.25) is 0 Å². The van der Waals surface area contributed by atoms with E-state index in [2.05, 4.69) is 13.5 Å². The van der Waals surface area contributed by atoms with E-state index in [4.69, 9.17) is 14.2 Å². The van der Waals surface area contributed by atoms with Gasteiger partial charge in [0.05, 0.1) is 25.3 Å². The Morgan fingerprint density at radius 3 is 1.97 bits per heavy atom. The van der Waals surface area contributed by atoms with Crippen molar-refractivity contribution in [3.63, 3.8) is 0 Å². The second-order valence-corrected chi connectivity index (χ2v) is 10.8. The van der Waals surface area contributed by atoms with Gasteiger partial charge in [0.15, 0.2) is 0 Å². The molecule has 2 rings (SSSR count). The van der Waals surface area contributed by atoms with Gasteiger partial charge in [-0.3, -0.25) is 9.59 Å². The summed E-state index contributed by atoms with van der Waals surface area (Å²) in [6.07, 6.45) is 16.4. The van der Waals surface area contributed by atoms with Gasteiger partial charge in [-0.05, 0) is 31.1 Å². The number of para-hydroxylation sites is 1. The lowest BCUT2D eigenvalue weighted by molar-refractivity contribution is -0.147. The first kappa shape index (κ1) is 32.5. The molecule has 0 N–H and O–H groups in total. The molecule has 0 radical (unpaired) electrons. The molecule has 218 valence electrons. The molecule has 0 unspecified atom stereocenters. The molecule has 1 atom stereocenters. The minimum absolute atomic E-state index is 0.206. The van der Waals surface area contributed by atoms with Crippen molar-refractivity contribution in [2.45, 2.75) is 116 Å². The molecule has 0 spiro atoms. The van der Waals surface area contributed by atoms with Gasteiger partial charge in [-0.1, -0.05) is 96.6 Å². The van der Waals surface area contributed by atoms with Crippen molar-refractivity contribution >= 4 is 16.9 Å². The number of aryl methyl sites for hydroxylation is 1. The molecule has 6 heteroatoms. The fourth-order valence-corrected chi connectivity index (χ4v) is 5.20. The number of carbonyl (C=O) groups excluding carboxylic acids is 1. The average molecular weight is 542 g/mol. The predicted molar refractivity (Wildman–Crippen MR) is 161 cm³/mol. The van der Waals surface area contributed by atoms with Gasteiger partial charge in [0.1, 0.15) is 17.6 Å². The summed E-state index contributed by atoms with van der Waals surface area (Å²) in [6, 6.07) is 5.58. The lowest BCUT2D eigenvalue weighted by Crippen LogP contribution is -2.29. The third-order valence-corrected chi connectivity index (χ3v) is 7.54. The molecule has 1 aromatic carbocycles. The van der Waals surface area contributed by atoms with E-state index >= 15 is 0 Å². The zero-order valence-corrected chi connectivity index (χ0v) is 25.1. The SMILES string of the molecule is C=C(C)[C@@H](Cc1c(OC)c2cccc(OC)c2n(C)c1=O)OC(=O)CCCCCCCCCCCCCCC. The van der Waals surface area contributed by atoms with Crippen molar-refractivity contribution in [1.29, 1.82) is 0 Å². The molecule has 0 aliphatic rings. The van der Waals surface area contributed by atoms with E-state index in [1.165, 1.54) is 64.2 Å². The minimum Gasteiger partial charge on any atom is -0.496 e. The van der Waals surface area contributed by atoms with Gasteiger partial charge in [-0.2, -0.15) is 0 Å². The first-order valence-electron chi connectivity index (χ1n) is 14.9. The van der Waals surface area contributed by atoms with Crippen LogP contribution in [-0.2, 0) is 23.0 Å². The highest BCUT2D eigenvalue weighted by atomic mass is 16.5. The van der Waals surface area contributed by atoms with Gasteiger partial charge < -0.3 is 18.8 Å². The van der Waals surface area contributed by atoms with Gasteiger partial charge in [0.2, 0.25) is 0 Å². The molecule has 2 aromatic rings. The number of esters is 1. The van der Waals surface area contributed by atoms with Crippen LogP contribution in [0.1, 0.15) is 109 Å². The number of methoxy groups -OCH3 is 2. The Hall–Kier alpha value is -2.76. The quantitative estimate of drug-likeness (QED) is 0.0963. The van der Waals surface area contributed by atoms with Crippen molar-refractivity contribution in [2.24, 2.45) is 7.05 Å². The summed E-state index contributed by atoms with van der Waals surface area (Å²) < 4.78 is 18.5. The Labute approximate surface area is 235 Å². The minimum atomic E-state index is -0.593. The maximum Gasteiger partial charge on any atom is 0.306 e. The summed E-state index contributed by atoms with van der Waals surface area (Å²) in [5.74, 6) is 0.827. The van der Waals surface area contributed by atoms with Gasteiger partial charge in [0.25, 0.3) is 5.56 Å². The van der Waals surface area contributed by atoms with E-state index < -0.39 is 6.10 Å². The molecule has 0 aliphatic carbocycles. The van der Waals surface area contributed by atoms with Gasteiger partial charge in [-0.25, -0.2) is 0 Å². The molecule has 6 nitrogen and oxygen atoms in total. The zero-order valence-electron chi connectivity index (χ0n) is 25.1. The highest BCUT2D eigenvalue weighted by molar-refractivity contribution is 5.91. The highest BCUT2D eigenvalue weighted by Crippen LogP contribution is 2.33. The molecule has 0 amide bonds. The van der Waals surface area contributed by atoms with Gasteiger partial charge in [-0.15, -0.1) is 0 Å². The molecule has 0 saturated heterocycles. The maximum atomic E-state index is 13.3. The molecular weight excluding hydrogens is 490 g/mol. The molecule has 1 heterocycles. The van der Waals surface area contributed by atoms with E-state index in [9.17, 15) is 9.59 Å². The van der Waals surface area contributed by atoms with E-state index in [1.54, 1.807) is 25.8 Å². The Kier molecular flexibility index (Phi) is 14.8. The number of hydrogen-bond donors (Lipinski definition) is 0. The van der Waals surface area contributed by atoms with Crippen LogP contribution in [0.15, 0.2) is 35.1 Å². The maximum absolute atomic E-state index is 13.3. The van der Waals surface area contributed by atoms with Crippen molar-refractivity contribution in [1.82, 2.24) is 4.57 Å². The van der Waals surface area contributed by atoms with Crippen LogP contribution in [0.25, 0.3) is 10.9 Å². The van der Waals surface area contributed by atoms with Crippen LogP contribution < -0.4 is 15.0 Å². The largest absolute Gasteiger partial charge is 0.496 e. The molecular formula is C33H51NO5. The predicted octanol–water partition coefficient (Wildman–Crippen LogP) is 8.07. The monoisotopic (exact) mass is 541 g/mol. The fourth-order valence-electron chi connectivity index (χ4n) is 5.20. The Morgan fingerprint density at radius 2 is 1.46 bits per heavy atom. The molecule has 39 heavy (non-hydrogen) atoms. The summed E-state index contributed by atoms with van der Waals surface area (Å²) >= 11 is 0. The number of benzene rings is 1. The first-order chi connectivity index (χ1) is 18.8. The smallest absolute Gasteiger partial charge is 0.306 e. The summed E-state index contributed by atoms with van der Waals surface area (Å²) in [5.41, 5.74) is 1.62. The number of unbranched alkanes of at least 4 members (excludes halogenated alkanes) is 12. The van der Waals surface area contributed by atoms with E-state index in [0.29, 0.717) is 34.6 Å². The molecule has 0 saturated carbocycles. The van der Waals surface area contributed by atoms with Gasteiger partial charge >= 0.3 is 5.97 Å². The lowest BCUT2D eigenvalue weighted by Gasteiger charge is -2.21. The standard InChI is InChI=1S/C33H51NO5/c1-7-8-9-10-11-12-13-14-15-16-17-18-19-23-30(35)39-29(25(2)3)24-27-32(38-6)26-21-20-22-28(37-5)31(26)34(4)33(27)36/h20-22,29H,2,7-19,23-24H2,1,3-6H3/t29-/m1/s1. The lowest BCUT2D eigenvalue weighted by atomic mass is 10.0. The second-order valence-electron chi connectivity index (χ2n) is 10.8. The van der Waals surface area contributed by atoms with Crippen LogP contribution in [0.5, 0.6) is 11.5 Å². The van der Waals surface area contributed by atoms with Crippen LogP contribution in [-0.4, -0.2) is 30.9 Å². The number of aromatic nitrogens is 1. The van der Waals surface area contributed by atoms with Crippen molar-refractivity contribution < 1.29 is 19.0 Å². The third-order valence-electron chi connectivity index (χ3n) is 7.54. The van der Waals surface area contributed by atoms with Crippen LogP contribution in [0, 0.1) is 0 Å². The van der Waals surface area contributed by atoms with Crippen molar-refractivity contribution in [3.8, 4) is 11.5 Å². The van der Waals surface area contributed by atoms with Crippen molar-refractivity contribution in [2.75, 3.05) is 14.2 Å². The zero-order chi connectivity index (χ0) is 28.6. The molecule has 0 fully saturated rings. The summed E-state index contributed by atoms with van der Waals surface area (Å²) in [7, 11) is 4.84. The number of fused-ring (bicyclic) bond motifs is 1. The van der Waals surface area contributed by atoms with E-state index in [1.807, 2.05) is 25.1 Å². The summed E-state index contributed by atoms with van der Waals surface area (Å²) in [5, 5.41) is 0.771. The number of ether oxygens (including phenoxy) is 3. The van der Waals surface area contributed by atoms with E-state index in [-0.39, 0.29) is 17.9 Å². The average Bonchev–Trinajstić information content (AvgIpc) is 2.93. The number of pyridine rings is 1. The Morgan fingerprint density at radius 1 is 0.897 bits per heavy atom. The highest BCUT2D eigenvalue weighted by Gasteiger charge is 2.24. The molecule has 1 aromatic heterocycles. The number of rotatable bonds is 20.